The van der Waals surface area contributed by atoms with E-state index in [2.05, 4.69) is 14.7 Å². The number of methoxy groups -OCH3 is 1. The van der Waals surface area contributed by atoms with Gasteiger partial charge in [-0.25, -0.2) is 0 Å². The summed E-state index contributed by atoms with van der Waals surface area (Å²) in [7, 11) is -2.60. The lowest BCUT2D eigenvalue weighted by Gasteiger charge is -2.21. The van der Waals surface area contributed by atoms with Crippen LogP contribution in [0.15, 0.2) is 74.8 Å². The quantitative estimate of drug-likeness (QED) is 0.354. The first-order valence-corrected chi connectivity index (χ1v) is 13.4. The van der Waals surface area contributed by atoms with Crippen molar-refractivity contribution < 1.29 is 23.0 Å². The van der Waals surface area contributed by atoms with E-state index in [4.69, 9.17) is 9.47 Å². The SMILES string of the molecule is COc1cccc(Oc2ccc3c(c2)c(O)c(C2=NS(=O)(=O)c4ccccc4N2)c(=O)n3CCC(C)C)n1. The molecule has 2 aromatic heterocycles. The van der Waals surface area contributed by atoms with Gasteiger partial charge in [0.25, 0.3) is 15.6 Å². The maximum atomic E-state index is 13.7. The average molecular weight is 535 g/mol. The maximum Gasteiger partial charge on any atom is 0.286 e. The van der Waals surface area contributed by atoms with Crippen LogP contribution < -0.4 is 20.3 Å². The fourth-order valence-corrected chi connectivity index (χ4v) is 5.34. The van der Waals surface area contributed by atoms with Crippen molar-refractivity contribution in [2.24, 2.45) is 10.3 Å². The first-order chi connectivity index (χ1) is 18.2. The molecule has 38 heavy (non-hydrogen) atoms. The third-order valence-corrected chi connectivity index (χ3v) is 7.47. The van der Waals surface area contributed by atoms with Gasteiger partial charge in [0.2, 0.25) is 11.8 Å². The van der Waals surface area contributed by atoms with Gasteiger partial charge >= 0.3 is 0 Å². The van der Waals surface area contributed by atoms with Crippen LogP contribution in [-0.4, -0.2) is 36.0 Å². The Morgan fingerprint density at radius 1 is 1.05 bits per heavy atom. The number of pyridine rings is 2. The molecule has 4 aromatic rings. The van der Waals surface area contributed by atoms with Crippen molar-refractivity contribution in [1.29, 1.82) is 0 Å². The summed E-state index contributed by atoms with van der Waals surface area (Å²) >= 11 is 0. The maximum absolute atomic E-state index is 13.7. The molecule has 2 aromatic carbocycles. The summed E-state index contributed by atoms with van der Waals surface area (Å²) in [6, 6.07) is 16.3. The largest absolute Gasteiger partial charge is 0.506 e. The second-order valence-corrected chi connectivity index (χ2v) is 10.8. The minimum atomic E-state index is -4.10. The normalized spacial score (nSPS) is 14.1. The third-order valence-electron chi connectivity index (χ3n) is 6.14. The van der Waals surface area contributed by atoms with Gasteiger partial charge in [-0.05, 0) is 42.7 Å². The fraction of sp³-hybridized carbons (Fsp3) is 0.222. The Kier molecular flexibility index (Phi) is 6.53. The number of amidine groups is 1. The molecule has 196 valence electrons. The van der Waals surface area contributed by atoms with Crippen LogP contribution in [0.3, 0.4) is 0 Å². The van der Waals surface area contributed by atoms with E-state index in [0.717, 1.165) is 0 Å². The summed E-state index contributed by atoms with van der Waals surface area (Å²) in [6.45, 7) is 4.43. The molecule has 5 rings (SSSR count). The lowest BCUT2D eigenvalue weighted by atomic mass is 10.1. The average Bonchev–Trinajstić information content (AvgIpc) is 2.88. The van der Waals surface area contributed by atoms with Crippen LogP contribution in [0.4, 0.5) is 5.69 Å². The molecule has 0 bridgehead atoms. The smallest absolute Gasteiger partial charge is 0.286 e. The van der Waals surface area contributed by atoms with Crippen molar-refractivity contribution >= 4 is 32.4 Å². The number of para-hydroxylation sites is 1. The number of hydrogen-bond donors (Lipinski definition) is 2. The van der Waals surface area contributed by atoms with Crippen molar-refractivity contribution in [3.63, 3.8) is 0 Å². The van der Waals surface area contributed by atoms with Crippen LogP contribution in [0.2, 0.25) is 0 Å². The molecule has 3 heterocycles. The van der Waals surface area contributed by atoms with Gasteiger partial charge in [-0.1, -0.05) is 32.0 Å². The molecule has 0 amide bonds. The van der Waals surface area contributed by atoms with E-state index in [1.165, 1.54) is 17.7 Å². The highest BCUT2D eigenvalue weighted by atomic mass is 32.2. The number of fused-ring (bicyclic) bond motifs is 2. The second-order valence-electron chi connectivity index (χ2n) is 9.20. The number of aromatic hydroxyl groups is 1. The lowest BCUT2D eigenvalue weighted by molar-refractivity contribution is 0.383. The van der Waals surface area contributed by atoms with E-state index in [-0.39, 0.29) is 27.9 Å². The third kappa shape index (κ3) is 4.68. The minimum absolute atomic E-state index is 0.00867. The highest BCUT2D eigenvalue weighted by Gasteiger charge is 2.29. The summed E-state index contributed by atoms with van der Waals surface area (Å²) < 4.78 is 42.2. The summed E-state index contributed by atoms with van der Waals surface area (Å²) in [6.07, 6.45) is 0.687. The van der Waals surface area contributed by atoms with Crippen molar-refractivity contribution in [3.05, 3.63) is 76.6 Å². The van der Waals surface area contributed by atoms with Gasteiger partial charge in [0.05, 0.1) is 18.3 Å². The molecule has 1 aliphatic rings. The standard InChI is InChI=1S/C27H26N4O6S/c1-16(2)13-14-31-20-12-11-17(37-23-10-6-9-22(29-23)36-3)15-18(20)25(32)24(27(31)33)26-28-19-7-4-5-8-21(19)38(34,35)30-26/h4-12,15-16,32H,13-14H2,1-3H3,(H,28,30). The summed E-state index contributed by atoms with van der Waals surface area (Å²) in [4.78, 5) is 17.9. The van der Waals surface area contributed by atoms with Crippen LogP contribution in [0.25, 0.3) is 10.9 Å². The number of rotatable bonds is 7. The van der Waals surface area contributed by atoms with E-state index in [1.54, 1.807) is 54.6 Å². The first-order valence-electron chi connectivity index (χ1n) is 12.0. The van der Waals surface area contributed by atoms with E-state index in [9.17, 15) is 18.3 Å². The topological polar surface area (TPSA) is 132 Å². The van der Waals surface area contributed by atoms with Crippen LogP contribution in [0, 0.1) is 5.92 Å². The van der Waals surface area contributed by atoms with Gasteiger partial charge in [-0.15, -0.1) is 4.40 Å². The molecule has 0 unspecified atom stereocenters. The van der Waals surface area contributed by atoms with Gasteiger partial charge < -0.3 is 24.5 Å². The molecular formula is C27H26N4O6S. The second kappa shape index (κ2) is 9.82. The molecule has 11 heteroatoms. The Morgan fingerprint density at radius 2 is 1.82 bits per heavy atom. The highest BCUT2D eigenvalue weighted by Crippen LogP contribution is 2.35. The van der Waals surface area contributed by atoms with Gasteiger partial charge in [-0.2, -0.15) is 13.4 Å². The molecule has 0 saturated carbocycles. The minimum Gasteiger partial charge on any atom is -0.506 e. The molecule has 2 N–H and O–H groups in total. The Labute approximate surface area is 219 Å². The Balaban J connectivity index is 1.69. The fourth-order valence-electron chi connectivity index (χ4n) is 4.22. The number of hydrogen-bond acceptors (Lipinski definition) is 8. The van der Waals surface area contributed by atoms with E-state index >= 15 is 0 Å². The molecule has 1 aliphatic heterocycles. The van der Waals surface area contributed by atoms with Gasteiger partial charge in [0.1, 0.15) is 22.0 Å². The molecular weight excluding hydrogens is 508 g/mol. The number of sulfonamides is 1. The van der Waals surface area contributed by atoms with E-state index in [1.807, 2.05) is 13.8 Å². The van der Waals surface area contributed by atoms with Gasteiger partial charge in [-0.3, -0.25) is 4.79 Å². The number of nitrogens with one attached hydrogen (secondary N) is 1. The summed E-state index contributed by atoms with van der Waals surface area (Å²) in [5, 5.41) is 14.6. The predicted molar refractivity (Wildman–Crippen MR) is 144 cm³/mol. The first kappa shape index (κ1) is 25.3. The molecule has 10 nitrogen and oxygen atoms in total. The van der Waals surface area contributed by atoms with Gasteiger partial charge in [0.15, 0.2) is 5.84 Å². The number of benzene rings is 2. The summed E-state index contributed by atoms with van der Waals surface area (Å²) in [5.41, 5.74) is -0.0515. The number of aromatic nitrogens is 2. The van der Waals surface area contributed by atoms with Crippen LogP contribution in [0.5, 0.6) is 23.3 Å². The lowest BCUT2D eigenvalue weighted by Crippen LogP contribution is -2.33. The van der Waals surface area contributed by atoms with Crippen LogP contribution >= 0.6 is 0 Å². The van der Waals surface area contributed by atoms with Gasteiger partial charge in [0, 0.05) is 24.1 Å². The monoisotopic (exact) mass is 534 g/mol. The van der Waals surface area contributed by atoms with Crippen molar-refractivity contribution in [2.75, 3.05) is 12.4 Å². The predicted octanol–water partition coefficient (Wildman–Crippen LogP) is 4.51. The molecule has 0 fully saturated rings. The van der Waals surface area contributed by atoms with Crippen molar-refractivity contribution in [2.45, 2.75) is 31.7 Å². The number of ether oxygens (including phenoxy) is 2. The molecule has 0 radical (unpaired) electrons. The zero-order valence-corrected chi connectivity index (χ0v) is 21.8. The number of nitrogens with zero attached hydrogens (tertiary/aromatic N) is 3. The molecule has 0 spiro atoms. The molecule has 0 atom stereocenters. The molecule has 0 aliphatic carbocycles. The van der Waals surface area contributed by atoms with Crippen molar-refractivity contribution in [1.82, 2.24) is 9.55 Å². The Hall–Kier alpha value is -4.38. The van der Waals surface area contributed by atoms with E-state index in [0.29, 0.717) is 41.4 Å². The van der Waals surface area contributed by atoms with Crippen LogP contribution in [-0.2, 0) is 16.6 Å². The van der Waals surface area contributed by atoms with Crippen LogP contribution in [0.1, 0.15) is 25.8 Å². The van der Waals surface area contributed by atoms with E-state index < -0.39 is 21.3 Å². The zero-order valence-electron chi connectivity index (χ0n) is 21.0. The van der Waals surface area contributed by atoms with Crippen molar-refractivity contribution in [3.8, 4) is 23.3 Å². The number of aryl methyl sites for hydroxylation is 1. The summed E-state index contributed by atoms with van der Waals surface area (Å²) in [5.74, 6) is 0.651. The zero-order chi connectivity index (χ0) is 27.0. The molecule has 0 saturated heterocycles. The Morgan fingerprint density at radius 3 is 2.58 bits per heavy atom. The number of anilines is 1. The highest BCUT2D eigenvalue weighted by molar-refractivity contribution is 7.90. The Bertz CT molecular complexity index is 1740.